The van der Waals surface area contributed by atoms with Gasteiger partial charge in [-0.05, 0) is 113 Å². The number of nitrogens with one attached hydrogen (secondary N) is 1. The Morgan fingerprint density at radius 1 is 1.00 bits per heavy atom. The summed E-state index contributed by atoms with van der Waals surface area (Å²) in [6, 6.07) is 22.6. The Morgan fingerprint density at radius 3 is 2.57 bits per heavy atom. The minimum absolute atomic E-state index is 0.238. The second-order valence-corrected chi connectivity index (χ2v) is 13.6. The minimum atomic E-state index is -0.319. The maximum absolute atomic E-state index is 11.2. The lowest BCUT2D eigenvalue weighted by atomic mass is 9.92. The van der Waals surface area contributed by atoms with Crippen LogP contribution in [-0.2, 0) is 6.54 Å². The number of unbranched alkanes of at least 4 members (excludes halogenated alkanes) is 4. The Bertz CT molecular complexity index is 1390. The van der Waals surface area contributed by atoms with Gasteiger partial charge in [0.15, 0.2) is 5.84 Å². The lowest BCUT2D eigenvalue weighted by molar-refractivity contribution is -0.463. The van der Waals surface area contributed by atoms with Gasteiger partial charge in [-0.3, -0.25) is 25.0 Å². The number of benzene rings is 2. The summed E-state index contributed by atoms with van der Waals surface area (Å²) in [5.74, 6) is 1.57. The lowest BCUT2D eigenvalue weighted by Gasteiger charge is -2.26. The summed E-state index contributed by atoms with van der Waals surface area (Å²) in [6.07, 6.45) is 13.0. The number of nitro groups is 1. The zero-order valence-electron chi connectivity index (χ0n) is 29.3. The Hall–Kier alpha value is -3.53. The third-order valence-electron chi connectivity index (χ3n) is 9.07. The van der Waals surface area contributed by atoms with Gasteiger partial charge in [-0.15, -0.1) is 0 Å². The molecule has 0 bridgehead atoms. The number of piperidine rings is 1. The molecule has 1 saturated heterocycles. The smallest absolute Gasteiger partial charge is 0.259 e. The molecule has 4 rings (SSSR count). The molecule has 1 atom stereocenters. The average molecular weight is 691 g/mol. The molecule has 0 saturated carbocycles. The molecule has 0 amide bonds. The van der Waals surface area contributed by atoms with E-state index in [-0.39, 0.29) is 17.4 Å². The van der Waals surface area contributed by atoms with Crippen LogP contribution in [0.15, 0.2) is 77.9 Å². The van der Waals surface area contributed by atoms with Gasteiger partial charge in [-0.2, -0.15) is 0 Å². The zero-order chi connectivity index (χ0) is 34.5. The van der Waals surface area contributed by atoms with Gasteiger partial charge in [-0.1, -0.05) is 67.6 Å². The molecule has 0 radical (unpaired) electrons. The van der Waals surface area contributed by atoms with Crippen LogP contribution in [0.4, 0.5) is 0 Å². The highest BCUT2D eigenvalue weighted by Crippen LogP contribution is 2.28. The van der Waals surface area contributed by atoms with Crippen molar-refractivity contribution in [3.05, 3.63) is 105 Å². The van der Waals surface area contributed by atoms with E-state index in [1.807, 2.05) is 30.5 Å². The van der Waals surface area contributed by atoms with Crippen molar-refractivity contribution in [2.75, 3.05) is 59.5 Å². The molecule has 3 aromatic rings. The van der Waals surface area contributed by atoms with Crippen molar-refractivity contribution in [2.24, 2.45) is 4.99 Å². The van der Waals surface area contributed by atoms with Crippen LogP contribution in [0.25, 0.3) is 0 Å². The fraction of sp³-hybridized carbons (Fsp3) is 0.538. The number of hydrogen-bond acceptors (Lipinski definition) is 7. The van der Waals surface area contributed by atoms with Crippen LogP contribution < -0.4 is 10.1 Å². The second kappa shape index (κ2) is 22.2. The van der Waals surface area contributed by atoms with Gasteiger partial charge in [0.25, 0.3) is 6.54 Å². The number of aromatic nitrogens is 1. The average Bonchev–Trinajstić information content (AvgIpc) is 3.11. The third kappa shape index (κ3) is 15.3. The molecule has 1 aromatic heterocycles. The Kier molecular flexibility index (Phi) is 17.4. The van der Waals surface area contributed by atoms with E-state index < -0.39 is 0 Å². The van der Waals surface area contributed by atoms with Crippen molar-refractivity contribution in [3.8, 4) is 5.75 Å². The molecule has 0 spiro atoms. The van der Waals surface area contributed by atoms with E-state index in [1.54, 1.807) is 0 Å². The van der Waals surface area contributed by atoms with E-state index in [4.69, 9.17) is 16.3 Å². The van der Waals surface area contributed by atoms with E-state index in [2.05, 4.69) is 74.6 Å². The first-order valence-corrected chi connectivity index (χ1v) is 18.5. The molecule has 2 heterocycles. The summed E-state index contributed by atoms with van der Waals surface area (Å²) >= 11 is 6.14. The first-order valence-electron chi connectivity index (χ1n) is 18.1. The number of pyridine rings is 1. The van der Waals surface area contributed by atoms with E-state index >= 15 is 0 Å². The van der Waals surface area contributed by atoms with Gasteiger partial charge in [0.2, 0.25) is 0 Å². The summed E-state index contributed by atoms with van der Waals surface area (Å²) in [5.41, 5.74) is 3.61. The monoisotopic (exact) mass is 690 g/mol. The number of aliphatic imine (C=N–C) groups is 1. The van der Waals surface area contributed by atoms with E-state index in [0.717, 1.165) is 68.2 Å². The van der Waals surface area contributed by atoms with E-state index in [0.29, 0.717) is 32.0 Å². The number of rotatable bonds is 22. The molecule has 1 unspecified atom stereocenters. The molecule has 9 nitrogen and oxygen atoms in total. The molecule has 1 N–H and O–H groups in total. The van der Waals surface area contributed by atoms with Crippen LogP contribution in [0.5, 0.6) is 5.75 Å². The van der Waals surface area contributed by atoms with Gasteiger partial charge >= 0.3 is 0 Å². The highest BCUT2D eigenvalue weighted by molar-refractivity contribution is 6.30. The van der Waals surface area contributed by atoms with Gasteiger partial charge in [0, 0.05) is 53.8 Å². The van der Waals surface area contributed by atoms with Crippen LogP contribution in [0.1, 0.15) is 86.9 Å². The van der Waals surface area contributed by atoms with Crippen molar-refractivity contribution in [2.45, 2.75) is 76.7 Å². The number of likely N-dealkylation sites (tertiary alicyclic amines) is 1. The highest BCUT2D eigenvalue weighted by atomic mass is 35.5. The number of ether oxygens (including phenoxy) is 1. The molecule has 1 aliphatic rings. The maximum atomic E-state index is 11.2. The quantitative estimate of drug-likeness (QED) is 0.0377. The fourth-order valence-corrected chi connectivity index (χ4v) is 6.48. The summed E-state index contributed by atoms with van der Waals surface area (Å²) in [6.45, 7) is 6.82. The predicted octanol–water partition coefficient (Wildman–Crippen LogP) is 7.86. The van der Waals surface area contributed by atoms with Crippen LogP contribution in [-0.4, -0.2) is 85.0 Å². The third-order valence-corrected chi connectivity index (χ3v) is 9.32. The maximum Gasteiger partial charge on any atom is 0.259 e. The first kappa shape index (κ1) is 38.3. The SMILES string of the molecule is CN(CCCCCCCNC(C[N+](=O)[O-])=NCCCOc1cccc(CN2CCCCC2)c1)CCC(c1ccc(Cl)cc1)c1ccccn1. The lowest BCUT2D eigenvalue weighted by Crippen LogP contribution is -2.31. The summed E-state index contributed by atoms with van der Waals surface area (Å²) in [5, 5.41) is 15.2. The molecule has 1 fully saturated rings. The topological polar surface area (TPSA) is 96.1 Å². The minimum Gasteiger partial charge on any atom is -0.494 e. The van der Waals surface area contributed by atoms with Crippen LogP contribution in [0, 0.1) is 10.1 Å². The molecular formula is C39H55ClN6O3. The molecule has 1 aliphatic heterocycles. The number of hydrogen-bond donors (Lipinski definition) is 1. The summed E-state index contributed by atoms with van der Waals surface area (Å²) < 4.78 is 5.97. The van der Waals surface area contributed by atoms with E-state index in [1.165, 1.54) is 49.9 Å². The summed E-state index contributed by atoms with van der Waals surface area (Å²) in [4.78, 5) is 24.9. The van der Waals surface area contributed by atoms with Crippen molar-refractivity contribution >= 4 is 17.4 Å². The van der Waals surface area contributed by atoms with Gasteiger partial charge in [0.1, 0.15) is 5.75 Å². The molecule has 266 valence electrons. The second-order valence-electron chi connectivity index (χ2n) is 13.2. The van der Waals surface area contributed by atoms with Crippen molar-refractivity contribution < 1.29 is 9.66 Å². The summed E-state index contributed by atoms with van der Waals surface area (Å²) in [7, 11) is 2.19. The Labute approximate surface area is 298 Å². The van der Waals surface area contributed by atoms with Crippen LogP contribution in [0.2, 0.25) is 5.02 Å². The van der Waals surface area contributed by atoms with Gasteiger partial charge < -0.3 is 15.0 Å². The highest BCUT2D eigenvalue weighted by Gasteiger charge is 2.16. The number of halogens is 1. The zero-order valence-corrected chi connectivity index (χ0v) is 30.0. The molecule has 10 heteroatoms. The standard InChI is InChI=1S/C39H55ClN6O3/c1-44(28-21-37(38-16-6-8-22-41-38)34-17-19-35(40)20-18-34)25-9-4-2-3-7-23-42-39(32-46(47)48)43-24-13-29-49-36-15-12-14-33(30-36)31-45-26-10-5-11-27-45/h6,8,12,14-20,22,30,37H,2-5,7,9-11,13,21,23-29,31-32H2,1H3,(H,42,43). The van der Waals surface area contributed by atoms with Crippen molar-refractivity contribution in [1.29, 1.82) is 0 Å². The molecular weight excluding hydrogens is 636 g/mol. The predicted molar refractivity (Wildman–Crippen MR) is 201 cm³/mol. The fourth-order valence-electron chi connectivity index (χ4n) is 6.36. The van der Waals surface area contributed by atoms with Crippen LogP contribution >= 0.6 is 11.6 Å². The van der Waals surface area contributed by atoms with Crippen molar-refractivity contribution in [3.63, 3.8) is 0 Å². The largest absolute Gasteiger partial charge is 0.494 e. The Morgan fingerprint density at radius 2 is 1.80 bits per heavy atom. The normalized spacial score (nSPS) is 14.6. The number of amidine groups is 1. The van der Waals surface area contributed by atoms with Crippen LogP contribution in [0.3, 0.4) is 0 Å². The first-order chi connectivity index (χ1) is 24.0. The Balaban J connectivity index is 1.06. The van der Waals surface area contributed by atoms with Crippen molar-refractivity contribution in [1.82, 2.24) is 20.1 Å². The molecule has 2 aromatic carbocycles. The van der Waals surface area contributed by atoms with Gasteiger partial charge in [0.05, 0.1) is 6.61 Å². The van der Waals surface area contributed by atoms with Gasteiger partial charge in [-0.25, -0.2) is 0 Å². The molecule has 49 heavy (non-hydrogen) atoms. The van der Waals surface area contributed by atoms with E-state index in [9.17, 15) is 10.1 Å². The molecule has 0 aliphatic carbocycles. The number of nitrogens with zero attached hydrogens (tertiary/aromatic N) is 5.